The molecule has 26 heavy (non-hydrogen) atoms. The first-order chi connectivity index (χ1) is 12.6. The van der Waals surface area contributed by atoms with Crippen molar-refractivity contribution < 1.29 is 14.7 Å². The van der Waals surface area contributed by atoms with Gasteiger partial charge in [-0.1, -0.05) is 11.3 Å². The molecule has 11 nitrogen and oxygen atoms in total. The van der Waals surface area contributed by atoms with Crippen LogP contribution in [0.15, 0.2) is 24.4 Å². The van der Waals surface area contributed by atoms with E-state index < -0.39 is 5.97 Å². The molecule has 1 N–H and O–H groups in total. The number of piperidine rings is 1. The Labute approximate surface area is 147 Å². The van der Waals surface area contributed by atoms with Crippen LogP contribution in [0.3, 0.4) is 0 Å². The van der Waals surface area contributed by atoms with Gasteiger partial charge in [-0.15, -0.1) is 10.2 Å². The minimum Gasteiger partial charge on any atom is -0.476 e. The fourth-order valence-electron chi connectivity index (χ4n) is 3.24. The molecule has 0 radical (unpaired) electrons. The number of hydrogen-bond acceptors (Lipinski definition) is 7. The molecule has 1 saturated heterocycles. The monoisotopic (exact) mass is 356 g/mol. The lowest BCUT2D eigenvalue weighted by Crippen LogP contribution is -2.41. The molecule has 1 amide bonds. The predicted octanol–water partition coefficient (Wildman–Crippen LogP) is -0.0336. The van der Waals surface area contributed by atoms with Gasteiger partial charge in [0.05, 0.1) is 6.20 Å². The molecule has 0 bridgehead atoms. The number of hydrogen-bond donors (Lipinski definition) is 1. The second-order valence-corrected chi connectivity index (χ2v) is 6.25. The first-order valence-corrected chi connectivity index (χ1v) is 8.21. The number of carboxylic acids is 1. The zero-order valence-corrected chi connectivity index (χ0v) is 13.8. The highest BCUT2D eigenvalue weighted by molar-refractivity contribution is 5.93. The summed E-state index contributed by atoms with van der Waals surface area (Å²) in [6.45, 7) is 1.73. The van der Waals surface area contributed by atoms with E-state index in [0.717, 1.165) is 12.8 Å². The first kappa shape index (κ1) is 16.1. The SMILES string of the molecule is O=C(O)c1cn(C[C@H]2CCCN(C(=O)c3cccc4nnnn34)C2)nn1. The Bertz CT molecular complexity index is 965. The maximum Gasteiger partial charge on any atom is 0.358 e. The Morgan fingerprint density at radius 1 is 1.23 bits per heavy atom. The summed E-state index contributed by atoms with van der Waals surface area (Å²) in [6, 6.07) is 5.19. The van der Waals surface area contributed by atoms with Crippen molar-refractivity contribution >= 4 is 17.5 Å². The first-order valence-electron chi connectivity index (χ1n) is 8.21. The fourth-order valence-corrected chi connectivity index (χ4v) is 3.24. The lowest BCUT2D eigenvalue weighted by molar-refractivity contribution is 0.0649. The number of aromatic nitrogens is 7. The van der Waals surface area contributed by atoms with E-state index in [0.29, 0.717) is 31.0 Å². The van der Waals surface area contributed by atoms with Crippen molar-refractivity contribution in [2.45, 2.75) is 19.4 Å². The van der Waals surface area contributed by atoms with Gasteiger partial charge in [0, 0.05) is 19.6 Å². The van der Waals surface area contributed by atoms with Crippen molar-refractivity contribution in [1.82, 2.24) is 39.9 Å². The van der Waals surface area contributed by atoms with Gasteiger partial charge >= 0.3 is 5.97 Å². The quantitative estimate of drug-likeness (QED) is 0.689. The number of carboxylic acid groups (broad SMARTS) is 1. The average Bonchev–Trinajstić information content (AvgIpc) is 3.30. The second kappa shape index (κ2) is 6.50. The van der Waals surface area contributed by atoms with Crippen molar-refractivity contribution in [3.8, 4) is 0 Å². The number of likely N-dealkylation sites (tertiary alicyclic amines) is 1. The number of nitrogens with zero attached hydrogens (tertiary/aromatic N) is 8. The Morgan fingerprint density at radius 3 is 2.92 bits per heavy atom. The average molecular weight is 356 g/mol. The van der Waals surface area contributed by atoms with Crippen LogP contribution in [0.5, 0.6) is 0 Å². The minimum absolute atomic E-state index is 0.0842. The number of aromatic carboxylic acids is 1. The molecule has 0 saturated carbocycles. The van der Waals surface area contributed by atoms with Crippen LogP contribution in [0.4, 0.5) is 0 Å². The lowest BCUT2D eigenvalue weighted by Gasteiger charge is -2.32. The summed E-state index contributed by atoms with van der Waals surface area (Å²) in [5, 5.41) is 27.7. The zero-order chi connectivity index (χ0) is 18.1. The molecule has 11 heteroatoms. The van der Waals surface area contributed by atoms with E-state index in [9.17, 15) is 9.59 Å². The van der Waals surface area contributed by atoms with Crippen LogP contribution < -0.4 is 0 Å². The van der Waals surface area contributed by atoms with Gasteiger partial charge in [-0.3, -0.25) is 9.48 Å². The normalized spacial score (nSPS) is 17.5. The fraction of sp³-hybridized carbons (Fsp3) is 0.400. The van der Waals surface area contributed by atoms with E-state index in [1.54, 1.807) is 23.1 Å². The highest BCUT2D eigenvalue weighted by Crippen LogP contribution is 2.20. The van der Waals surface area contributed by atoms with E-state index in [1.165, 1.54) is 15.4 Å². The molecule has 1 fully saturated rings. The summed E-state index contributed by atoms with van der Waals surface area (Å²) < 4.78 is 2.95. The van der Waals surface area contributed by atoms with E-state index in [4.69, 9.17) is 5.11 Å². The Kier molecular flexibility index (Phi) is 4.03. The van der Waals surface area contributed by atoms with Crippen LogP contribution in [-0.4, -0.2) is 70.0 Å². The van der Waals surface area contributed by atoms with Gasteiger partial charge in [0.2, 0.25) is 0 Å². The van der Waals surface area contributed by atoms with Crippen molar-refractivity contribution in [2.75, 3.05) is 13.1 Å². The van der Waals surface area contributed by atoms with Gasteiger partial charge < -0.3 is 10.0 Å². The summed E-state index contributed by atoms with van der Waals surface area (Å²) in [7, 11) is 0. The number of carbonyl (C=O) groups excluding carboxylic acids is 1. The van der Waals surface area contributed by atoms with Gasteiger partial charge in [0.15, 0.2) is 11.3 Å². The van der Waals surface area contributed by atoms with E-state index in [1.807, 2.05) is 0 Å². The Balaban J connectivity index is 1.48. The van der Waals surface area contributed by atoms with Crippen molar-refractivity contribution in [3.63, 3.8) is 0 Å². The molecule has 4 rings (SSSR count). The maximum atomic E-state index is 12.9. The third-order valence-electron chi connectivity index (χ3n) is 4.45. The Morgan fingerprint density at radius 2 is 2.12 bits per heavy atom. The number of fused-ring (bicyclic) bond motifs is 1. The molecule has 1 aliphatic heterocycles. The van der Waals surface area contributed by atoms with E-state index >= 15 is 0 Å². The zero-order valence-electron chi connectivity index (χ0n) is 13.8. The van der Waals surface area contributed by atoms with Crippen LogP contribution in [0.2, 0.25) is 0 Å². The lowest BCUT2D eigenvalue weighted by atomic mass is 9.97. The van der Waals surface area contributed by atoms with Gasteiger partial charge in [-0.25, -0.2) is 4.79 Å². The highest BCUT2D eigenvalue weighted by atomic mass is 16.4. The van der Waals surface area contributed by atoms with Crippen LogP contribution in [0, 0.1) is 5.92 Å². The molecule has 0 aliphatic carbocycles. The molecule has 3 aromatic rings. The Hall–Kier alpha value is -3.37. The number of rotatable bonds is 4. The number of carbonyl (C=O) groups is 2. The summed E-state index contributed by atoms with van der Waals surface area (Å²) in [5.74, 6) is -1.06. The van der Waals surface area contributed by atoms with Crippen molar-refractivity contribution in [1.29, 1.82) is 0 Å². The minimum atomic E-state index is -1.11. The molecule has 4 heterocycles. The van der Waals surface area contributed by atoms with E-state index in [-0.39, 0.29) is 17.5 Å². The summed E-state index contributed by atoms with van der Waals surface area (Å²) in [6.07, 6.45) is 3.20. The molecular weight excluding hydrogens is 340 g/mol. The molecule has 0 unspecified atom stereocenters. The summed E-state index contributed by atoms with van der Waals surface area (Å²) in [4.78, 5) is 25.6. The largest absolute Gasteiger partial charge is 0.476 e. The predicted molar refractivity (Wildman–Crippen MR) is 86.4 cm³/mol. The molecular formula is C15H16N8O3. The van der Waals surface area contributed by atoms with Gasteiger partial charge in [-0.05, 0) is 41.3 Å². The van der Waals surface area contributed by atoms with Crippen molar-refractivity contribution in [3.05, 3.63) is 35.8 Å². The molecule has 3 aromatic heterocycles. The molecule has 1 aliphatic rings. The van der Waals surface area contributed by atoms with Crippen LogP contribution in [0.1, 0.15) is 33.8 Å². The maximum absolute atomic E-state index is 12.9. The third kappa shape index (κ3) is 2.98. The van der Waals surface area contributed by atoms with Crippen LogP contribution >= 0.6 is 0 Å². The standard InChI is InChI=1S/C15H16N8O3/c24-14(12-4-1-5-13-17-18-20-23(12)13)21-6-2-3-10(7-21)8-22-9-11(15(25)26)16-19-22/h1,4-5,9-10H,2-3,6-8H2,(H,25,26)/t10-/m0/s1. The van der Waals surface area contributed by atoms with Gasteiger partial charge in [0.1, 0.15) is 5.69 Å². The topological polar surface area (TPSA) is 131 Å². The number of pyridine rings is 1. The molecule has 134 valence electrons. The summed E-state index contributed by atoms with van der Waals surface area (Å²) in [5.41, 5.74) is 0.856. The summed E-state index contributed by atoms with van der Waals surface area (Å²) >= 11 is 0. The van der Waals surface area contributed by atoms with Gasteiger partial charge in [0.25, 0.3) is 5.91 Å². The molecule has 0 spiro atoms. The van der Waals surface area contributed by atoms with E-state index in [2.05, 4.69) is 25.8 Å². The van der Waals surface area contributed by atoms with Crippen LogP contribution in [-0.2, 0) is 6.54 Å². The third-order valence-corrected chi connectivity index (χ3v) is 4.45. The molecule has 1 atom stereocenters. The van der Waals surface area contributed by atoms with Crippen LogP contribution in [0.25, 0.3) is 5.65 Å². The van der Waals surface area contributed by atoms with Crippen molar-refractivity contribution in [2.24, 2.45) is 5.92 Å². The number of amides is 1. The molecule has 0 aromatic carbocycles. The highest BCUT2D eigenvalue weighted by Gasteiger charge is 2.27. The smallest absolute Gasteiger partial charge is 0.358 e. The second-order valence-electron chi connectivity index (χ2n) is 6.25. The number of tetrazole rings is 1. The van der Waals surface area contributed by atoms with Gasteiger partial charge in [-0.2, -0.15) is 4.52 Å².